The summed E-state index contributed by atoms with van der Waals surface area (Å²) in [5, 5.41) is 0. The number of hydrogen-bond acceptors (Lipinski definition) is 3. The number of likely N-dealkylation sites (tertiary alicyclic amines) is 1. The van der Waals surface area contributed by atoms with Crippen LogP contribution in [0.1, 0.15) is 66.7 Å². The van der Waals surface area contributed by atoms with Crippen molar-refractivity contribution in [2.45, 2.75) is 78.4 Å². The minimum atomic E-state index is -0.360. The van der Waals surface area contributed by atoms with Crippen LogP contribution in [0.4, 0.5) is 0 Å². The maximum atomic E-state index is 12.3. The van der Waals surface area contributed by atoms with Crippen molar-refractivity contribution >= 4 is 5.97 Å². The van der Waals surface area contributed by atoms with E-state index in [1.54, 1.807) is 0 Å². The minimum Gasteiger partial charge on any atom is -0.460 e. The average Bonchev–Trinajstić information content (AvgIpc) is 2.71. The van der Waals surface area contributed by atoms with Crippen molar-refractivity contribution in [3.63, 3.8) is 0 Å². The largest absolute Gasteiger partial charge is 0.460 e. The molecular formula is C17H31NO2. The van der Waals surface area contributed by atoms with Crippen molar-refractivity contribution in [2.75, 3.05) is 13.1 Å². The van der Waals surface area contributed by atoms with E-state index in [0.717, 1.165) is 12.8 Å². The molecule has 1 heterocycles. The Morgan fingerprint density at radius 1 is 1.30 bits per heavy atom. The molecular weight excluding hydrogens is 250 g/mol. The van der Waals surface area contributed by atoms with Crippen LogP contribution >= 0.6 is 0 Å². The molecule has 1 aliphatic carbocycles. The first-order valence-electron chi connectivity index (χ1n) is 8.18. The van der Waals surface area contributed by atoms with E-state index in [-0.39, 0.29) is 17.5 Å². The van der Waals surface area contributed by atoms with Gasteiger partial charge in [-0.05, 0) is 72.3 Å². The van der Waals surface area contributed by atoms with E-state index in [9.17, 15) is 4.79 Å². The van der Waals surface area contributed by atoms with Gasteiger partial charge in [0.25, 0.3) is 0 Å². The topological polar surface area (TPSA) is 29.5 Å². The van der Waals surface area contributed by atoms with E-state index in [4.69, 9.17) is 4.74 Å². The molecule has 20 heavy (non-hydrogen) atoms. The summed E-state index contributed by atoms with van der Waals surface area (Å²) in [6.07, 6.45) is 5.76. The highest BCUT2D eigenvalue weighted by Crippen LogP contribution is 2.46. The maximum absolute atomic E-state index is 12.3. The van der Waals surface area contributed by atoms with Gasteiger partial charge in [0.05, 0.1) is 5.92 Å². The van der Waals surface area contributed by atoms with Gasteiger partial charge < -0.3 is 9.64 Å². The summed E-state index contributed by atoms with van der Waals surface area (Å²) in [4.78, 5) is 14.9. The van der Waals surface area contributed by atoms with Gasteiger partial charge in [0.1, 0.15) is 5.60 Å². The smallest absolute Gasteiger partial charge is 0.309 e. The van der Waals surface area contributed by atoms with Gasteiger partial charge in [0.2, 0.25) is 0 Å². The lowest BCUT2D eigenvalue weighted by atomic mass is 9.69. The van der Waals surface area contributed by atoms with E-state index in [2.05, 4.69) is 18.7 Å². The van der Waals surface area contributed by atoms with Gasteiger partial charge in [-0.2, -0.15) is 0 Å². The van der Waals surface area contributed by atoms with Crippen molar-refractivity contribution in [3.05, 3.63) is 0 Å². The predicted octanol–water partition coefficient (Wildman–Crippen LogP) is 3.62. The summed E-state index contributed by atoms with van der Waals surface area (Å²) in [7, 11) is 0. The van der Waals surface area contributed by atoms with Crippen molar-refractivity contribution in [2.24, 2.45) is 11.3 Å². The maximum Gasteiger partial charge on any atom is 0.309 e. The number of carbonyl (C=O) groups is 1. The molecule has 1 saturated carbocycles. The van der Waals surface area contributed by atoms with Crippen LogP contribution in [0.15, 0.2) is 0 Å². The highest BCUT2D eigenvalue weighted by atomic mass is 16.6. The standard InChI is InChI=1S/C17H31NO2/c1-13(2)18-10-9-17(12-18)8-6-7-14(11-17)15(19)20-16(3,4)5/h13-14H,6-12H2,1-5H3. The lowest BCUT2D eigenvalue weighted by molar-refractivity contribution is -0.162. The summed E-state index contributed by atoms with van der Waals surface area (Å²) >= 11 is 0. The van der Waals surface area contributed by atoms with Crippen LogP contribution in [0, 0.1) is 11.3 Å². The Bertz CT molecular complexity index is 358. The third-order valence-electron chi connectivity index (χ3n) is 4.88. The van der Waals surface area contributed by atoms with Gasteiger partial charge in [-0.3, -0.25) is 4.79 Å². The lowest BCUT2D eigenvalue weighted by Gasteiger charge is -2.38. The molecule has 1 aliphatic heterocycles. The van der Waals surface area contributed by atoms with Crippen LogP contribution < -0.4 is 0 Å². The van der Waals surface area contributed by atoms with E-state index in [0.29, 0.717) is 11.5 Å². The predicted molar refractivity (Wildman–Crippen MR) is 81.6 cm³/mol. The fourth-order valence-corrected chi connectivity index (χ4v) is 3.82. The summed E-state index contributed by atoms with van der Waals surface area (Å²) in [6, 6.07) is 0.622. The Morgan fingerprint density at radius 2 is 2.00 bits per heavy atom. The molecule has 1 saturated heterocycles. The van der Waals surface area contributed by atoms with Crippen LogP contribution in [0.3, 0.4) is 0 Å². The van der Waals surface area contributed by atoms with Crippen LogP contribution in [0.2, 0.25) is 0 Å². The number of ether oxygens (including phenoxy) is 1. The fraction of sp³-hybridized carbons (Fsp3) is 0.941. The van der Waals surface area contributed by atoms with Gasteiger partial charge in [0, 0.05) is 12.6 Å². The molecule has 0 amide bonds. The third-order valence-corrected chi connectivity index (χ3v) is 4.88. The first-order valence-corrected chi connectivity index (χ1v) is 8.18. The molecule has 0 aromatic heterocycles. The summed E-state index contributed by atoms with van der Waals surface area (Å²) in [5.41, 5.74) is 0.0193. The molecule has 2 fully saturated rings. The number of rotatable bonds is 2. The van der Waals surface area contributed by atoms with E-state index in [1.165, 1.54) is 32.4 Å². The quantitative estimate of drug-likeness (QED) is 0.724. The zero-order valence-electron chi connectivity index (χ0n) is 13.9. The van der Waals surface area contributed by atoms with Crippen molar-refractivity contribution < 1.29 is 9.53 Å². The second kappa shape index (κ2) is 5.67. The van der Waals surface area contributed by atoms with E-state index in [1.807, 2.05) is 20.8 Å². The number of esters is 1. The highest BCUT2D eigenvalue weighted by molar-refractivity contribution is 5.73. The minimum absolute atomic E-state index is 0.0274. The lowest BCUT2D eigenvalue weighted by Crippen LogP contribution is -2.38. The zero-order valence-corrected chi connectivity index (χ0v) is 13.9. The molecule has 0 radical (unpaired) electrons. The average molecular weight is 281 g/mol. The molecule has 0 bridgehead atoms. The molecule has 3 nitrogen and oxygen atoms in total. The van der Waals surface area contributed by atoms with Crippen LogP contribution in [0.5, 0.6) is 0 Å². The molecule has 0 aromatic carbocycles. The molecule has 2 unspecified atom stereocenters. The molecule has 116 valence electrons. The Balaban J connectivity index is 1.97. The van der Waals surface area contributed by atoms with E-state index < -0.39 is 0 Å². The number of carbonyl (C=O) groups excluding carboxylic acids is 1. The monoisotopic (exact) mass is 281 g/mol. The molecule has 0 N–H and O–H groups in total. The highest BCUT2D eigenvalue weighted by Gasteiger charge is 2.44. The third kappa shape index (κ3) is 3.75. The van der Waals surface area contributed by atoms with Gasteiger partial charge in [-0.15, -0.1) is 0 Å². The normalized spacial score (nSPS) is 32.0. The second-order valence-corrected chi connectivity index (χ2v) is 8.14. The first-order chi connectivity index (χ1) is 9.21. The van der Waals surface area contributed by atoms with Crippen molar-refractivity contribution in [3.8, 4) is 0 Å². The van der Waals surface area contributed by atoms with Crippen molar-refractivity contribution in [1.29, 1.82) is 0 Å². The molecule has 2 aliphatic rings. The number of hydrogen-bond donors (Lipinski definition) is 0. The number of nitrogens with zero attached hydrogens (tertiary/aromatic N) is 1. The summed E-state index contributed by atoms with van der Waals surface area (Å²) in [5.74, 6) is 0.148. The Labute approximate surface area is 124 Å². The van der Waals surface area contributed by atoms with Crippen molar-refractivity contribution in [1.82, 2.24) is 4.90 Å². The Morgan fingerprint density at radius 3 is 2.55 bits per heavy atom. The summed E-state index contributed by atoms with van der Waals surface area (Å²) in [6.45, 7) is 12.8. The molecule has 1 spiro atoms. The molecule has 2 atom stereocenters. The zero-order chi connectivity index (χ0) is 15.0. The van der Waals surface area contributed by atoms with Crippen LogP contribution in [0.25, 0.3) is 0 Å². The first kappa shape index (κ1) is 15.8. The molecule has 0 aromatic rings. The second-order valence-electron chi connectivity index (χ2n) is 8.14. The Hall–Kier alpha value is -0.570. The fourth-order valence-electron chi connectivity index (χ4n) is 3.82. The van der Waals surface area contributed by atoms with Gasteiger partial charge in [-0.25, -0.2) is 0 Å². The van der Waals surface area contributed by atoms with Gasteiger partial charge in [0.15, 0.2) is 0 Å². The van der Waals surface area contributed by atoms with Crippen LogP contribution in [-0.4, -0.2) is 35.6 Å². The van der Waals surface area contributed by atoms with Gasteiger partial charge in [-0.1, -0.05) is 6.42 Å². The molecule has 3 heteroatoms. The summed E-state index contributed by atoms with van der Waals surface area (Å²) < 4.78 is 5.60. The van der Waals surface area contributed by atoms with E-state index >= 15 is 0 Å². The van der Waals surface area contributed by atoms with Gasteiger partial charge >= 0.3 is 5.97 Å². The SMILES string of the molecule is CC(C)N1CCC2(CCCC(C(=O)OC(C)(C)C)C2)C1. The van der Waals surface area contributed by atoms with Crippen LogP contribution in [-0.2, 0) is 9.53 Å². The molecule has 2 rings (SSSR count). The Kier molecular flexibility index (Phi) is 4.48.